The molecule has 0 radical (unpaired) electrons. The number of hydrogen-bond donors (Lipinski definition) is 0. The number of ketones is 2. The minimum atomic E-state index is -0.0267. The summed E-state index contributed by atoms with van der Waals surface area (Å²) in [6.45, 7) is 1.86. The van der Waals surface area contributed by atoms with Gasteiger partial charge in [-0.2, -0.15) is 0 Å². The highest BCUT2D eigenvalue weighted by Crippen LogP contribution is 2.50. The van der Waals surface area contributed by atoms with E-state index in [9.17, 15) is 9.59 Å². The summed E-state index contributed by atoms with van der Waals surface area (Å²) >= 11 is 0. The van der Waals surface area contributed by atoms with Crippen LogP contribution < -0.4 is 0 Å². The molecular weight excluding hydrogens is 176 g/mol. The first kappa shape index (κ1) is 8.16. The van der Waals surface area contributed by atoms with Crippen molar-refractivity contribution in [3.8, 4) is 0 Å². The van der Waals surface area contributed by atoms with Gasteiger partial charge in [-0.05, 0) is 36.8 Å². The quantitative estimate of drug-likeness (QED) is 0.577. The monoisotopic (exact) mass is 188 g/mol. The van der Waals surface area contributed by atoms with E-state index < -0.39 is 0 Å². The van der Waals surface area contributed by atoms with E-state index in [2.05, 4.69) is 6.08 Å². The Morgan fingerprint density at radius 1 is 1.21 bits per heavy atom. The molecule has 1 fully saturated rings. The molecule has 1 saturated carbocycles. The molecule has 0 saturated heterocycles. The van der Waals surface area contributed by atoms with Crippen LogP contribution in [0, 0.1) is 23.7 Å². The number of fused-ring (bicyclic) bond motifs is 3. The van der Waals surface area contributed by atoms with Crippen molar-refractivity contribution in [2.45, 2.75) is 13.3 Å². The average Bonchev–Trinajstić information content (AvgIpc) is 2.71. The van der Waals surface area contributed by atoms with E-state index in [1.54, 1.807) is 6.08 Å². The Balaban J connectivity index is 2.01. The lowest BCUT2D eigenvalue weighted by Gasteiger charge is -2.14. The highest BCUT2D eigenvalue weighted by Gasteiger charge is 2.52. The second kappa shape index (κ2) is 2.44. The fraction of sp³-hybridized carbons (Fsp3) is 0.500. The first-order valence-corrected chi connectivity index (χ1v) is 5.13. The summed E-state index contributed by atoms with van der Waals surface area (Å²) in [4.78, 5) is 23.4. The summed E-state index contributed by atoms with van der Waals surface area (Å²) in [7, 11) is 0. The zero-order valence-corrected chi connectivity index (χ0v) is 8.07. The Kier molecular flexibility index (Phi) is 1.42. The Morgan fingerprint density at radius 2 is 2.00 bits per heavy atom. The summed E-state index contributed by atoms with van der Waals surface area (Å²) in [6, 6.07) is 0. The fourth-order valence-electron chi connectivity index (χ4n) is 3.25. The predicted octanol–water partition coefficient (Wildman–Crippen LogP) is 1.52. The van der Waals surface area contributed by atoms with Crippen LogP contribution in [0.1, 0.15) is 13.3 Å². The molecular formula is C12H12O2. The molecule has 0 amide bonds. The zero-order valence-electron chi connectivity index (χ0n) is 8.07. The summed E-state index contributed by atoms with van der Waals surface area (Å²) in [5, 5.41) is 0. The summed E-state index contributed by atoms with van der Waals surface area (Å²) in [6.07, 6.45) is 6.70. The van der Waals surface area contributed by atoms with Crippen molar-refractivity contribution in [1.29, 1.82) is 0 Å². The van der Waals surface area contributed by atoms with Crippen molar-refractivity contribution in [3.05, 3.63) is 23.8 Å². The van der Waals surface area contributed by atoms with Gasteiger partial charge in [0, 0.05) is 11.8 Å². The lowest BCUT2D eigenvalue weighted by Crippen LogP contribution is -2.25. The lowest BCUT2D eigenvalue weighted by molar-refractivity contribution is -0.126. The van der Waals surface area contributed by atoms with Gasteiger partial charge in [-0.3, -0.25) is 9.59 Å². The van der Waals surface area contributed by atoms with Crippen molar-refractivity contribution in [1.82, 2.24) is 0 Å². The van der Waals surface area contributed by atoms with E-state index >= 15 is 0 Å². The van der Waals surface area contributed by atoms with E-state index in [0.717, 1.165) is 12.0 Å². The molecule has 2 heteroatoms. The molecule has 0 aliphatic heterocycles. The topological polar surface area (TPSA) is 34.1 Å². The third kappa shape index (κ3) is 0.813. The van der Waals surface area contributed by atoms with Crippen LogP contribution in [0.5, 0.6) is 0 Å². The number of carbonyl (C=O) groups is 2. The van der Waals surface area contributed by atoms with Gasteiger partial charge < -0.3 is 0 Å². The van der Waals surface area contributed by atoms with Gasteiger partial charge in [-0.25, -0.2) is 0 Å². The van der Waals surface area contributed by atoms with E-state index in [0.29, 0.717) is 11.8 Å². The van der Waals surface area contributed by atoms with Gasteiger partial charge >= 0.3 is 0 Å². The van der Waals surface area contributed by atoms with Crippen LogP contribution in [0.3, 0.4) is 0 Å². The predicted molar refractivity (Wildman–Crippen MR) is 51.5 cm³/mol. The van der Waals surface area contributed by atoms with Crippen LogP contribution in [0.15, 0.2) is 23.8 Å². The minimum absolute atomic E-state index is 0.0255. The van der Waals surface area contributed by atoms with Crippen LogP contribution in [0.2, 0.25) is 0 Å². The molecule has 0 aromatic heterocycles. The molecule has 14 heavy (non-hydrogen) atoms. The van der Waals surface area contributed by atoms with Crippen molar-refractivity contribution < 1.29 is 9.59 Å². The van der Waals surface area contributed by atoms with Gasteiger partial charge in [0.15, 0.2) is 11.6 Å². The molecule has 4 unspecified atom stereocenters. The van der Waals surface area contributed by atoms with E-state index in [4.69, 9.17) is 0 Å². The molecule has 2 nitrogen and oxygen atoms in total. The molecule has 0 aromatic rings. The van der Waals surface area contributed by atoms with Gasteiger partial charge in [0.1, 0.15) is 0 Å². The lowest BCUT2D eigenvalue weighted by atomic mass is 9.86. The van der Waals surface area contributed by atoms with Gasteiger partial charge in [-0.15, -0.1) is 0 Å². The Morgan fingerprint density at radius 3 is 2.79 bits per heavy atom. The average molecular weight is 188 g/mol. The van der Waals surface area contributed by atoms with E-state index in [1.165, 1.54) is 0 Å². The number of allylic oxidation sites excluding steroid dienone is 4. The van der Waals surface area contributed by atoms with Crippen molar-refractivity contribution in [2.75, 3.05) is 0 Å². The number of Topliss-reactive ketones (excluding diaryl/α,β-unsaturated/α-hetero) is 1. The molecule has 0 spiro atoms. The van der Waals surface area contributed by atoms with Crippen LogP contribution in [-0.2, 0) is 9.59 Å². The molecule has 0 N–H and O–H groups in total. The van der Waals surface area contributed by atoms with Crippen LogP contribution >= 0.6 is 0 Å². The third-order valence-corrected chi connectivity index (χ3v) is 3.85. The fourth-order valence-corrected chi connectivity index (χ4v) is 3.25. The summed E-state index contributed by atoms with van der Waals surface area (Å²) in [5.41, 5.74) is 0.859. The molecule has 72 valence electrons. The van der Waals surface area contributed by atoms with Crippen molar-refractivity contribution in [2.24, 2.45) is 23.7 Å². The minimum Gasteiger partial charge on any atom is -0.295 e. The highest BCUT2D eigenvalue weighted by molar-refractivity contribution is 6.05. The van der Waals surface area contributed by atoms with Gasteiger partial charge in [0.2, 0.25) is 0 Å². The molecule has 0 aromatic carbocycles. The van der Waals surface area contributed by atoms with E-state index in [-0.39, 0.29) is 23.4 Å². The summed E-state index contributed by atoms with van der Waals surface area (Å²) in [5.74, 6) is 0.999. The number of rotatable bonds is 0. The van der Waals surface area contributed by atoms with Crippen molar-refractivity contribution >= 4 is 11.6 Å². The normalized spacial score (nSPS) is 44.2. The van der Waals surface area contributed by atoms with Crippen LogP contribution in [-0.4, -0.2) is 11.6 Å². The second-order valence-corrected chi connectivity index (χ2v) is 4.59. The Hall–Kier alpha value is -1.18. The van der Waals surface area contributed by atoms with Crippen molar-refractivity contribution in [3.63, 3.8) is 0 Å². The maximum atomic E-state index is 11.8. The maximum Gasteiger partial charge on any atom is 0.162 e. The van der Waals surface area contributed by atoms with E-state index in [1.807, 2.05) is 13.0 Å². The SMILES string of the molecule is CC1=CC2CC3C=CC(=O)C3C2C1=O. The van der Waals surface area contributed by atoms with Gasteiger partial charge in [0.05, 0.1) is 0 Å². The Bertz CT molecular complexity index is 389. The van der Waals surface area contributed by atoms with Crippen LogP contribution in [0.4, 0.5) is 0 Å². The first-order chi connectivity index (χ1) is 6.68. The molecule has 0 heterocycles. The molecule has 4 atom stereocenters. The second-order valence-electron chi connectivity index (χ2n) is 4.59. The first-order valence-electron chi connectivity index (χ1n) is 5.13. The summed E-state index contributed by atoms with van der Waals surface area (Å²) < 4.78 is 0. The molecule has 3 aliphatic rings. The van der Waals surface area contributed by atoms with Gasteiger partial charge in [0.25, 0.3) is 0 Å². The zero-order chi connectivity index (χ0) is 9.87. The molecule has 3 rings (SSSR count). The molecule has 0 bridgehead atoms. The largest absolute Gasteiger partial charge is 0.295 e. The highest BCUT2D eigenvalue weighted by atomic mass is 16.1. The smallest absolute Gasteiger partial charge is 0.162 e. The van der Waals surface area contributed by atoms with Gasteiger partial charge in [-0.1, -0.05) is 12.2 Å². The molecule has 3 aliphatic carbocycles. The van der Waals surface area contributed by atoms with Crippen LogP contribution in [0.25, 0.3) is 0 Å². The number of carbonyl (C=O) groups excluding carboxylic acids is 2. The Labute approximate surface area is 82.7 Å². The maximum absolute atomic E-state index is 11.8. The standard InChI is InChI=1S/C12H12O2/c1-6-4-8-5-7-2-3-9(13)10(7)11(8)12(6)14/h2-4,7-8,10-11H,5H2,1H3. The number of hydrogen-bond acceptors (Lipinski definition) is 2. The third-order valence-electron chi connectivity index (χ3n) is 3.85.